The van der Waals surface area contributed by atoms with Crippen molar-refractivity contribution >= 4 is 40.9 Å². The molecule has 0 atom stereocenters. The van der Waals surface area contributed by atoms with Gasteiger partial charge in [0.05, 0.1) is 17.1 Å². The van der Waals surface area contributed by atoms with Crippen molar-refractivity contribution in [3.8, 4) is 0 Å². The summed E-state index contributed by atoms with van der Waals surface area (Å²) in [6, 6.07) is 13.2. The molecule has 0 fully saturated rings. The average molecular weight is 394 g/mol. The molecule has 0 spiro atoms. The highest BCUT2D eigenvalue weighted by Crippen LogP contribution is 2.20. The molecule has 0 saturated carbocycles. The molecular formula is C18H17Cl2N3O3. The summed E-state index contributed by atoms with van der Waals surface area (Å²) in [5, 5.41) is 8.45. The van der Waals surface area contributed by atoms with Crippen molar-refractivity contribution in [1.29, 1.82) is 0 Å². The number of carbonyl (C=O) groups is 3. The van der Waals surface area contributed by atoms with Gasteiger partial charge < -0.3 is 16.0 Å². The van der Waals surface area contributed by atoms with Gasteiger partial charge in [0.2, 0.25) is 5.91 Å². The number of benzene rings is 2. The molecular weight excluding hydrogens is 377 g/mol. The summed E-state index contributed by atoms with van der Waals surface area (Å²) in [6.45, 7) is 0.290. The minimum atomic E-state index is -0.363. The molecule has 6 nitrogen and oxygen atoms in total. The smallest absolute Gasteiger partial charge is 0.252 e. The second-order valence-corrected chi connectivity index (χ2v) is 6.12. The SMILES string of the molecule is O=C(CNC(=O)c1ccccc1)NCCNC(=O)c1ccc(Cl)cc1Cl. The van der Waals surface area contributed by atoms with Crippen LogP contribution in [0.3, 0.4) is 0 Å². The molecule has 0 aromatic heterocycles. The zero-order valence-electron chi connectivity index (χ0n) is 13.7. The third-order valence-electron chi connectivity index (χ3n) is 3.35. The van der Waals surface area contributed by atoms with Gasteiger partial charge >= 0.3 is 0 Å². The molecule has 136 valence electrons. The fraction of sp³-hybridized carbons (Fsp3) is 0.167. The Labute approximate surface area is 160 Å². The largest absolute Gasteiger partial charge is 0.353 e. The van der Waals surface area contributed by atoms with E-state index in [1.165, 1.54) is 12.1 Å². The van der Waals surface area contributed by atoms with Crippen LogP contribution in [0.4, 0.5) is 0 Å². The molecule has 2 aromatic carbocycles. The van der Waals surface area contributed by atoms with Gasteiger partial charge in [0, 0.05) is 23.7 Å². The highest BCUT2D eigenvalue weighted by atomic mass is 35.5. The first-order chi connectivity index (χ1) is 12.5. The second kappa shape index (κ2) is 9.79. The quantitative estimate of drug-likeness (QED) is 0.630. The molecule has 0 aliphatic carbocycles. The van der Waals surface area contributed by atoms with Crippen LogP contribution in [0.2, 0.25) is 10.0 Å². The van der Waals surface area contributed by atoms with Crippen molar-refractivity contribution in [2.24, 2.45) is 0 Å². The molecule has 26 heavy (non-hydrogen) atoms. The molecule has 2 rings (SSSR count). The van der Waals surface area contributed by atoms with Crippen molar-refractivity contribution < 1.29 is 14.4 Å². The summed E-state index contributed by atoms with van der Waals surface area (Å²) in [5.41, 5.74) is 0.782. The van der Waals surface area contributed by atoms with E-state index in [9.17, 15) is 14.4 Å². The maximum atomic E-state index is 12.0. The average Bonchev–Trinajstić information content (AvgIpc) is 2.63. The summed E-state index contributed by atoms with van der Waals surface area (Å²) < 4.78 is 0. The normalized spacial score (nSPS) is 10.1. The van der Waals surface area contributed by atoms with E-state index in [-0.39, 0.29) is 42.4 Å². The van der Waals surface area contributed by atoms with Gasteiger partial charge in [0.25, 0.3) is 11.8 Å². The summed E-state index contributed by atoms with van der Waals surface area (Å²) >= 11 is 11.7. The molecule has 3 amide bonds. The maximum Gasteiger partial charge on any atom is 0.252 e. The van der Waals surface area contributed by atoms with E-state index < -0.39 is 0 Å². The van der Waals surface area contributed by atoms with E-state index in [2.05, 4.69) is 16.0 Å². The third-order valence-corrected chi connectivity index (χ3v) is 3.90. The van der Waals surface area contributed by atoms with Crippen LogP contribution in [-0.4, -0.2) is 37.4 Å². The van der Waals surface area contributed by atoms with E-state index in [0.717, 1.165) is 0 Å². The Morgan fingerprint density at radius 1 is 0.808 bits per heavy atom. The third kappa shape index (κ3) is 6.06. The molecule has 0 heterocycles. The monoisotopic (exact) mass is 393 g/mol. The lowest BCUT2D eigenvalue weighted by atomic mass is 10.2. The fourth-order valence-electron chi connectivity index (χ4n) is 2.06. The Bertz CT molecular complexity index is 798. The zero-order valence-corrected chi connectivity index (χ0v) is 15.2. The number of rotatable bonds is 7. The first-order valence-electron chi connectivity index (χ1n) is 7.80. The summed E-state index contributed by atoms with van der Waals surface area (Å²) in [4.78, 5) is 35.5. The van der Waals surface area contributed by atoms with Gasteiger partial charge in [0.1, 0.15) is 0 Å². The van der Waals surface area contributed by atoms with E-state index in [1.807, 2.05) is 0 Å². The van der Waals surface area contributed by atoms with Gasteiger partial charge in [-0.1, -0.05) is 41.4 Å². The molecule has 3 N–H and O–H groups in total. The summed E-state index contributed by atoms with van der Waals surface area (Å²) in [5.74, 6) is -1.04. The van der Waals surface area contributed by atoms with Gasteiger partial charge in [-0.2, -0.15) is 0 Å². The molecule has 0 bridgehead atoms. The Morgan fingerprint density at radius 3 is 2.19 bits per heavy atom. The lowest BCUT2D eigenvalue weighted by molar-refractivity contribution is -0.120. The Kier molecular flexibility index (Phi) is 7.44. The molecule has 8 heteroatoms. The Morgan fingerprint density at radius 2 is 1.50 bits per heavy atom. The lowest BCUT2D eigenvalue weighted by Crippen LogP contribution is -2.40. The van der Waals surface area contributed by atoms with E-state index in [1.54, 1.807) is 36.4 Å². The first-order valence-corrected chi connectivity index (χ1v) is 8.56. The zero-order chi connectivity index (χ0) is 18.9. The van der Waals surface area contributed by atoms with E-state index >= 15 is 0 Å². The van der Waals surface area contributed by atoms with Crippen LogP contribution in [0.25, 0.3) is 0 Å². The van der Waals surface area contributed by atoms with Crippen molar-refractivity contribution in [1.82, 2.24) is 16.0 Å². The van der Waals surface area contributed by atoms with Crippen molar-refractivity contribution in [2.75, 3.05) is 19.6 Å². The Balaban J connectivity index is 1.67. The molecule has 0 unspecified atom stereocenters. The number of hydrogen-bond acceptors (Lipinski definition) is 3. The molecule has 0 radical (unpaired) electrons. The number of hydrogen-bond donors (Lipinski definition) is 3. The van der Waals surface area contributed by atoms with Crippen LogP contribution in [-0.2, 0) is 4.79 Å². The topological polar surface area (TPSA) is 87.3 Å². The first kappa shape index (κ1) is 19.8. The highest BCUT2D eigenvalue weighted by Gasteiger charge is 2.10. The highest BCUT2D eigenvalue weighted by molar-refractivity contribution is 6.36. The number of halogens is 2. The lowest BCUT2D eigenvalue weighted by Gasteiger charge is -2.09. The standard InChI is InChI=1S/C18H17Cl2N3O3/c19-13-6-7-14(15(20)10-13)18(26)22-9-8-21-16(24)11-23-17(25)12-4-2-1-3-5-12/h1-7,10H,8-9,11H2,(H,21,24)(H,22,26)(H,23,25). The van der Waals surface area contributed by atoms with Crippen molar-refractivity contribution in [3.63, 3.8) is 0 Å². The fourth-order valence-corrected chi connectivity index (χ4v) is 2.56. The number of carbonyl (C=O) groups excluding carboxylic acids is 3. The van der Waals surface area contributed by atoms with Crippen LogP contribution in [0.5, 0.6) is 0 Å². The van der Waals surface area contributed by atoms with E-state index in [0.29, 0.717) is 16.1 Å². The van der Waals surface area contributed by atoms with Crippen LogP contribution < -0.4 is 16.0 Å². The van der Waals surface area contributed by atoms with Crippen LogP contribution >= 0.6 is 23.2 Å². The summed E-state index contributed by atoms with van der Waals surface area (Å²) in [7, 11) is 0. The Hall–Kier alpha value is -2.57. The summed E-state index contributed by atoms with van der Waals surface area (Å²) in [6.07, 6.45) is 0. The van der Waals surface area contributed by atoms with E-state index in [4.69, 9.17) is 23.2 Å². The van der Waals surface area contributed by atoms with Gasteiger partial charge in [-0.05, 0) is 30.3 Å². The maximum absolute atomic E-state index is 12.0. The molecule has 2 aromatic rings. The van der Waals surface area contributed by atoms with Crippen molar-refractivity contribution in [3.05, 3.63) is 69.7 Å². The van der Waals surface area contributed by atoms with Gasteiger partial charge in [-0.25, -0.2) is 0 Å². The minimum absolute atomic E-state index is 0.148. The number of amides is 3. The van der Waals surface area contributed by atoms with Gasteiger partial charge in [0.15, 0.2) is 0 Å². The van der Waals surface area contributed by atoms with Crippen molar-refractivity contribution in [2.45, 2.75) is 0 Å². The van der Waals surface area contributed by atoms with Gasteiger partial charge in [-0.15, -0.1) is 0 Å². The van der Waals surface area contributed by atoms with Crippen LogP contribution in [0, 0.1) is 0 Å². The molecule has 0 saturated heterocycles. The van der Waals surface area contributed by atoms with Gasteiger partial charge in [-0.3, -0.25) is 14.4 Å². The minimum Gasteiger partial charge on any atom is -0.353 e. The second-order valence-electron chi connectivity index (χ2n) is 5.28. The number of nitrogens with one attached hydrogen (secondary N) is 3. The predicted octanol–water partition coefficient (Wildman–Crippen LogP) is 2.27. The molecule has 0 aliphatic heterocycles. The van der Waals surface area contributed by atoms with Crippen LogP contribution in [0.1, 0.15) is 20.7 Å². The molecule has 0 aliphatic rings. The van der Waals surface area contributed by atoms with Crippen LogP contribution in [0.15, 0.2) is 48.5 Å². The predicted molar refractivity (Wildman–Crippen MR) is 101 cm³/mol.